The molecule has 90 valence electrons. The van der Waals surface area contributed by atoms with Gasteiger partial charge in [-0.1, -0.05) is 44.2 Å². The van der Waals surface area contributed by atoms with E-state index in [1.807, 2.05) is 6.07 Å². The number of rotatable bonds is 6. The predicted molar refractivity (Wildman–Crippen MR) is 68.3 cm³/mol. The van der Waals surface area contributed by atoms with Crippen LogP contribution in [0.25, 0.3) is 0 Å². The molecule has 0 fully saturated rings. The Balaban J connectivity index is 2.44. The van der Waals surface area contributed by atoms with Crippen LogP contribution in [0.2, 0.25) is 0 Å². The molecule has 2 N–H and O–H groups in total. The molecule has 0 radical (unpaired) electrons. The highest BCUT2D eigenvalue weighted by Crippen LogP contribution is 2.20. The van der Waals surface area contributed by atoms with Crippen LogP contribution in [0, 0.1) is 5.41 Å². The Morgan fingerprint density at radius 2 is 1.88 bits per heavy atom. The minimum atomic E-state index is 0.151. The van der Waals surface area contributed by atoms with Crippen molar-refractivity contribution in [3.63, 3.8) is 0 Å². The molecule has 0 bridgehead atoms. The van der Waals surface area contributed by atoms with Crippen molar-refractivity contribution < 1.29 is 5.11 Å². The number of aliphatic hydroxyl groups excluding tert-OH is 1. The summed E-state index contributed by atoms with van der Waals surface area (Å²) < 4.78 is 0. The van der Waals surface area contributed by atoms with E-state index in [9.17, 15) is 0 Å². The maximum absolute atomic E-state index is 8.96. The lowest BCUT2D eigenvalue weighted by Crippen LogP contribution is -2.32. The van der Waals surface area contributed by atoms with Gasteiger partial charge >= 0.3 is 0 Å². The summed E-state index contributed by atoms with van der Waals surface area (Å²) in [6, 6.07) is 10.8. The molecule has 0 spiro atoms. The van der Waals surface area contributed by atoms with Crippen molar-refractivity contribution >= 4 is 0 Å². The predicted octanol–water partition coefficient (Wildman–Crippen LogP) is 2.75. The lowest BCUT2D eigenvalue weighted by molar-refractivity contribution is 0.204. The lowest BCUT2D eigenvalue weighted by Gasteiger charge is -2.26. The van der Waals surface area contributed by atoms with Crippen LogP contribution in [-0.4, -0.2) is 18.3 Å². The molecular weight excluding hydrogens is 198 g/mol. The van der Waals surface area contributed by atoms with Crippen molar-refractivity contribution in [1.82, 2.24) is 5.32 Å². The van der Waals surface area contributed by atoms with Gasteiger partial charge in [-0.3, -0.25) is 0 Å². The average molecular weight is 221 g/mol. The third kappa shape index (κ3) is 4.33. The molecule has 0 aliphatic carbocycles. The van der Waals surface area contributed by atoms with Gasteiger partial charge in [-0.15, -0.1) is 0 Å². The SMILES string of the molecule is CC(NCC(C)(C)CCO)c1ccccc1. The molecule has 0 saturated carbocycles. The molecule has 1 aromatic rings. The van der Waals surface area contributed by atoms with Crippen LogP contribution >= 0.6 is 0 Å². The molecule has 0 amide bonds. The summed E-state index contributed by atoms with van der Waals surface area (Å²) in [4.78, 5) is 0. The standard InChI is InChI=1S/C14H23NO/c1-12(13-7-5-4-6-8-13)15-11-14(2,3)9-10-16/h4-8,12,15-16H,9-11H2,1-3H3. The van der Waals surface area contributed by atoms with Gasteiger partial charge in [0, 0.05) is 19.2 Å². The Morgan fingerprint density at radius 1 is 1.25 bits per heavy atom. The Kier molecular flexibility index (Phi) is 4.97. The first kappa shape index (κ1) is 13.2. The number of aliphatic hydroxyl groups is 1. The molecule has 2 heteroatoms. The average Bonchev–Trinajstić information content (AvgIpc) is 2.27. The van der Waals surface area contributed by atoms with Crippen LogP contribution in [0.4, 0.5) is 0 Å². The van der Waals surface area contributed by atoms with Crippen molar-refractivity contribution in [2.45, 2.75) is 33.2 Å². The largest absolute Gasteiger partial charge is 0.396 e. The molecule has 1 rings (SSSR count). The molecule has 2 nitrogen and oxygen atoms in total. The monoisotopic (exact) mass is 221 g/mol. The second-order valence-electron chi connectivity index (χ2n) is 5.15. The Labute approximate surface area is 98.7 Å². The van der Waals surface area contributed by atoms with E-state index in [1.165, 1.54) is 5.56 Å². The fraction of sp³-hybridized carbons (Fsp3) is 0.571. The van der Waals surface area contributed by atoms with Crippen LogP contribution in [0.1, 0.15) is 38.8 Å². The molecule has 0 aromatic heterocycles. The van der Waals surface area contributed by atoms with E-state index in [-0.39, 0.29) is 12.0 Å². The normalized spacial score (nSPS) is 13.8. The van der Waals surface area contributed by atoms with Crippen molar-refractivity contribution in [2.24, 2.45) is 5.41 Å². The lowest BCUT2D eigenvalue weighted by atomic mass is 9.89. The van der Waals surface area contributed by atoms with Gasteiger partial charge in [0.2, 0.25) is 0 Å². The highest BCUT2D eigenvalue weighted by Gasteiger charge is 2.17. The van der Waals surface area contributed by atoms with E-state index < -0.39 is 0 Å². The van der Waals surface area contributed by atoms with Gasteiger partial charge < -0.3 is 10.4 Å². The fourth-order valence-electron chi connectivity index (χ4n) is 1.68. The van der Waals surface area contributed by atoms with Crippen LogP contribution in [0.5, 0.6) is 0 Å². The third-order valence-electron chi connectivity index (χ3n) is 2.97. The van der Waals surface area contributed by atoms with Gasteiger partial charge in [-0.05, 0) is 24.3 Å². The molecule has 0 saturated heterocycles. The molecule has 1 aromatic carbocycles. The number of hydrogen-bond acceptors (Lipinski definition) is 2. The summed E-state index contributed by atoms with van der Waals surface area (Å²) in [5, 5.41) is 12.5. The summed E-state index contributed by atoms with van der Waals surface area (Å²) in [7, 11) is 0. The molecule has 16 heavy (non-hydrogen) atoms. The zero-order chi connectivity index (χ0) is 12.0. The van der Waals surface area contributed by atoms with Crippen molar-refractivity contribution in [3.8, 4) is 0 Å². The van der Waals surface area contributed by atoms with Gasteiger partial charge in [-0.25, -0.2) is 0 Å². The first-order chi connectivity index (χ1) is 7.55. The highest BCUT2D eigenvalue weighted by atomic mass is 16.3. The van der Waals surface area contributed by atoms with Gasteiger partial charge in [0.05, 0.1) is 0 Å². The number of benzene rings is 1. The molecule has 0 aliphatic rings. The Hall–Kier alpha value is -0.860. The summed E-state index contributed by atoms with van der Waals surface area (Å²) in [5.74, 6) is 0. The summed E-state index contributed by atoms with van der Waals surface area (Å²) in [6.45, 7) is 7.70. The van der Waals surface area contributed by atoms with E-state index in [4.69, 9.17) is 5.11 Å². The van der Waals surface area contributed by atoms with Crippen molar-refractivity contribution in [2.75, 3.05) is 13.2 Å². The van der Waals surface area contributed by atoms with Crippen molar-refractivity contribution in [3.05, 3.63) is 35.9 Å². The zero-order valence-corrected chi connectivity index (χ0v) is 10.5. The van der Waals surface area contributed by atoms with Crippen LogP contribution in [0.15, 0.2) is 30.3 Å². The second-order valence-corrected chi connectivity index (χ2v) is 5.15. The minimum Gasteiger partial charge on any atom is -0.396 e. The van der Waals surface area contributed by atoms with E-state index >= 15 is 0 Å². The maximum atomic E-state index is 8.96. The first-order valence-electron chi connectivity index (χ1n) is 5.94. The zero-order valence-electron chi connectivity index (χ0n) is 10.5. The van der Waals surface area contributed by atoms with Gasteiger partial charge in [0.25, 0.3) is 0 Å². The van der Waals surface area contributed by atoms with Crippen LogP contribution in [0.3, 0.4) is 0 Å². The molecule has 0 heterocycles. The van der Waals surface area contributed by atoms with E-state index in [0.717, 1.165) is 13.0 Å². The summed E-state index contributed by atoms with van der Waals surface area (Å²) in [5.41, 5.74) is 1.46. The molecular formula is C14H23NO. The van der Waals surface area contributed by atoms with E-state index in [2.05, 4.69) is 50.4 Å². The Bertz CT molecular complexity index is 295. The van der Waals surface area contributed by atoms with Crippen LogP contribution in [-0.2, 0) is 0 Å². The highest BCUT2D eigenvalue weighted by molar-refractivity contribution is 5.18. The van der Waals surface area contributed by atoms with E-state index in [0.29, 0.717) is 6.04 Å². The maximum Gasteiger partial charge on any atom is 0.0436 e. The van der Waals surface area contributed by atoms with Crippen molar-refractivity contribution in [1.29, 1.82) is 0 Å². The quantitative estimate of drug-likeness (QED) is 0.774. The van der Waals surface area contributed by atoms with Gasteiger partial charge in [-0.2, -0.15) is 0 Å². The van der Waals surface area contributed by atoms with Gasteiger partial charge in [0.1, 0.15) is 0 Å². The fourth-order valence-corrected chi connectivity index (χ4v) is 1.68. The topological polar surface area (TPSA) is 32.3 Å². The Morgan fingerprint density at radius 3 is 2.44 bits per heavy atom. The third-order valence-corrected chi connectivity index (χ3v) is 2.97. The second kappa shape index (κ2) is 6.02. The number of hydrogen-bond donors (Lipinski definition) is 2. The number of nitrogens with one attached hydrogen (secondary N) is 1. The summed E-state index contributed by atoms with van der Waals surface area (Å²) >= 11 is 0. The smallest absolute Gasteiger partial charge is 0.0436 e. The molecule has 1 atom stereocenters. The van der Waals surface area contributed by atoms with E-state index in [1.54, 1.807) is 0 Å². The molecule has 1 unspecified atom stereocenters. The molecule has 0 aliphatic heterocycles. The first-order valence-corrected chi connectivity index (χ1v) is 5.94. The summed E-state index contributed by atoms with van der Waals surface area (Å²) in [6.07, 6.45) is 0.835. The van der Waals surface area contributed by atoms with Gasteiger partial charge in [0.15, 0.2) is 0 Å². The van der Waals surface area contributed by atoms with Crippen LogP contribution < -0.4 is 5.32 Å². The minimum absolute atomic E-state index is 0.151.